The van der Waals surface area contributed by atoms with E-state index in [9.17, 15) is 4.79 Å². The lowest BCUT2D eigenvalue weighted by Gasteiger charge is -2.23. The summed E-state index contributed by atoms with van der Waals surface area (Å²) in [6.45, 7) is 4.89. The molecule has 164 valence electrons. The fourth-order valence-electron chi connectivity index (χ4n) is 3.92. The highest BCUT2D eigenvalue weighted by Crippen LogP contribution is 2.29. The van der Waals surface area contributed by atoms with Crippen LogP contribution in [0.5, 0.6) is 11.5 Å². The van der Waals surface area contributed by atoms with Crippen LogP contribution >= 0.6 is 0 Å². The van der Waals surface area contributed by atoms with Crippen LogP contribution in [0.4, 0.5) is 0 Å². The summed E-state index contributed by atoms with van der Waals surface area (Å²) in [5.41, 5.74) is 5.51. The minimum absolute atomic E-state index is 0.0581. The fraction of sp³-hybridized carbons (Fsp3) is 0.231. The molecular formula is C26H27N3O3. The number of aryl methyl sites for hydroxylation is 2. The van der Waals surface area contributed by atoms with Crippen LogP contribution in [0, 0.1) is 13.8 Å². The predicted octanol–water partition coefficient (Wildman–Crippen LogP) is 5.04. The van der Waals surface area contributed by atoms with Crippen molar-refractivity contribution in [2.45, 2.75) is 26.9 Å². The van der Waals surface area contributed by atoms with E-state index in [0.717, 1.165) is 33.4 Å². The van der Waals surface area contributed by atoms with Crippen LogP contribution in [0.3, 0.4) is 0 Å². The van der Waals surface area contributed by atoms with E-state index in [1.807, 2.05) is 66.4 Å². The third-order valence-electron chi connectivity index (χ3n) is 5.76. The molecule has 2 aromatic heterocycles. The molecule has 0 aliphatic heterocycles. The SMILES string of the molecule is COc1ccc(CN(Cc2ccccn2)C(=O)c2cccc3c(C)c(C)[nH]c23)cc1OC. The number of carbonyl (C=O) groups excluding carboxylic acids is 1. The molecule has 6 heteroatoms. The molecular weight excluding hydrogens is 402 g/mol. The maximum atomic E-state index is 13.8. The van der Waals surface area contributed by atoms with Gasteiger partial charge in [-0.25, -0.2) is 0 Å². The summed E-state index contributed by atoms with van der Waals surface area (Å²) in [6.07, 6.45) is 1.74. The zero-order valence-electron chi connectivity index (χ0n) is 18.8. The standard InChI is InChI=1S/C26H27N3O3/c1-17-18(2)28-25-21(17)9-7-10-22(25)26(30)29(16-20-8-5-6-13-27-20)15-19-11-12-23(31-3)24(14-19)32-4/h5-14,28H,15-16H2,1-4H3. The largest absolute Gasteiger partial charge is 0.493 e. The van der Waals surface area contributed by atoms with Crippen molar-refractivity contribution in [3.63, 3.8) is 0 Å². The molecule has 32 heavy (non-hydrogen) atoms. The van der Waals surface area contributed by atoms with Crippen LogP contribution in [-0.4, -0.2) is 35.0 Å². The van der Waals surface area contributed by atoms with Gasteiger partial charge >= 0.3 is 0 Å². The Balaban J connectivity index is 1.73. The van der Waals surface area contributed by atoms with E-state index < -0.39 is 0 Å². The van der Waals surface area contributed by atoms with Crippen molar-refractivity contribution >= 4 is 16.8 Å². The lowest BCUT2D eigenvalue weighted by atomic mass is 10.1. The Labute approximate surface area is 187 Å². The van der Waals surface area contributed by atoms with Gasteiger partial charge < -0.3 is 19.4 Å². The van der Waals surface area contributed by atoms with Crippen molar-refractivity contribution in [2.75, 3.05) is 14.2 Å². The average Bonchev–Trinajstić information content (AvgIpc) is 3.12. The van der Waals surface area contributed by atoms with E-state index in [2.05, 4.69) is 16.9 Å². The van der Waals surface area contributed by atoms with Crippen molar-refractivity contribution in [2.24, 2.45) is 0 Å². The number of rotatable bonds is 7. The molecule has 2 heterocycles. The Hall–Kier alpha value is -3.80. The molecule has 0 fully saturated rings. The van der Waals surface area contributed by atoms with E-state index in [1.54, 1.807) is 20.4 Å². The van der Waals surface area contributed by atoms with Gasteiger partial charge in [-0.1, -0.05) is 24.3 Å². The summed E-state index contributed by atoms with van der Waals surface area (Å²) in [7, 11) is 3.21. The normalized spacial score (nSPS) is 10.9. The minimum atomic E-state index is -0.0581. The molecule has 6 nitrogen and oxygen atoms in total. The number of aromatic amines is 1. The number of pyridine rings is 1. The van der Waals surface area contributed by atoms with Gasteiger partial charge in [0.25, 0.3) is 5.91 Å². The van der Waals surface area contributed by atoms with E-state index in [0.29, 0.717) is 30.2 Å². The Bertz CT molecular complexity index is 1250. The Morgan fingerprint density at radius 3 is 2.50 bits per heavy atom. The van der Waals surface area contributed by atoms with E-state index in [1.165, 1.54) is 0 Å². The number of para-hydroxylation sites is 1. The number of nitrogens with zero attached hydrogens (tertiary/aromatic N) is 2. The van der Waals surface area contributed by atoms with Crippen LogP contribution in [-0.2, 0) is 13.1 Å². The first-order valence-corrected chi connectivity index (χ1v) is 10.5. The first-order chi connectivity index (χ1) is 15.5. The number of ether oxygens (including phenoxy) is 2. The number of hydrogen-bond acceptors (Lipinski definition) is 4. The second kappa shape index (κ2) is 9.14. The van der Waals surface area contributed by atoms with Crippen molar-refractivity contribution < 1.29 is 14.3 Å². The number of hydrogen-bond donors (Lipinski definition) is 1. The molecule has 0 bridgehead atoms. The van der Waals surface area contributed by atoms with E-state index >= 15 is 0 Å². The maximum Gasteiger partial charge on any atom is 0.256 e. The Morgan fingerprint density at radius 2 is 1.78 bits per heavy atom. The number of H-pyrrole nitrogens is 1. The second-order valence-electron chi connectivity index (χ2n) is 7.77. The molecule has 0 radical (unpaired) electrons. The summed E-state index contributed by atoms with van der Waals surface area (Å²) >= 11 is 0. The smallest absolute Gasteiger partial charge is 0.256 e. The number of carbonyl (C=O) groups is 1. The van der Waals surface area contributed by atoms with Crippen LogP contribution in [0.1, 0.15) is 32.9 Å². The van der Waals surface area contributed by atoms with Crippen molar-refractivity contribution in [1.82, 2.24) is 14.9 Å². The van der Waals surface area contributed by atoms with Gasteiger partial charge in [-0.15, -0.1) is 0 Å². The summed E-state index contributed by atoms with van der Waals surface area (Å²) in [5, 5.41) is 1.07. The van der Waals surface area contributed by atoms with Gasteiger partial charge in [0.1, 0.15) is 0 Å². The highest BCUT2D eigenvalue weighted by molar-refractivity contribution is 6.06. The highest BCUT2D eigenvalue weighted by Gasteiger charge is 2.21. The first kappa shape index (κ1) is 21.4. The van der Waals surface area contributed by atoms with Crippen LogP contribution < -0.4 is 9.47 Å². The molecule has 1 amide bonds. The average molecular weight is 430 g/mol. The Morgan fingerprint density at radius 1 is 0.969 bits per heavy atom. The van der Waals surface area contributed by atoms with Crippen LogP contribution in [0.2, 0.25) is 0 Å². The molecule has 0 atom stereocenters. The topological polar surface area (TPSA) is 67.5 Å². The summed E-state index contributed by atoms with van der Waals surface area (Å²) in [6, 6.07) is 17.3. The molecule has 0 saturated heterocycles. The maximum absolute atomic E-state index is 13.8. The number of nitrogens with one attached hydrogen (secondary N) is 1. The second-order valence-corrected chi connectivity index (χ2v) is 7.77. The van der Waals surface area contributed by atoms with Crippen LogP contribution in [0.25, 0.3) is 10.9 Å². The minimum Gasteiger partial charge on any atom is -0.493 e. The molecule has 0 spiro atoms. The fourth-order valence-corrected chi connectivity index (χ4v) is 3.92. The quantitative estimate of drug-likeness (QED) is 0.447. The predicted molar refractivity (Wildman–Crippen MR) is 125 cm³/mol. The molecule has 0 aliphatic rings. The molecule has 1 N–H and O–H groups in total. The number of benzene rings is 2. The molecule has 0 unspecified atom stereocenters. The van der Waals surface area contributed by atoms with Gasteiger partial charge in [0, 0.05) is 23.8 Å². The molecule has 0 aliphatic carbocycles. The molecule has 4 rings (SSSR count). The lowest BCUT2D eigenvalue weighted by Crippen LogP contribution is -2.30. The zero-order valence-corrected chi connectivity index (χ0v) is 18.8. The zero-order chi connectivity index (χ0) is 22.7. The van der Waals surface area contributed by atoms with Crippen LogP contribution in [0.15, 0.2) is 60.8 Å². The van der Waals surface area contributed by atoms with E-state index in [-0.39, 0.29) is 5.91 Å². The molecule has 4 aromatic rings. The molecule has 0 saturated carbocycles. The van der Waals surface area contributed by atoms with Gasteiger partial charge in [-0.2, -0.15) is 0 Å². The van der Waals surface area contributed by atoms with Crippen molar-refractivity contribution in [1.29, 1.82) is 0 Å². The Kier molecular flexibility index (Phi) is 6.12. The van der Waals surface area contributed by atoms with Gasteiger partial charge in [0.15, 0.2) is 11.5 Å². The third-order valence-corrected chi connectivity index (χ3v) is 5.76. The van der Waals surface area contributed by atoms with Gasteiger partial charge in [0.05, 0.1) is 37.5 Å². The lowest BCUT2D eigenvalue weighted by molar-refractivity contribution is 0.0729. The van der Waals surface area contributed by atoms with Gasteiger partial charge in [-0.05, 0) is 55.3 Å². The van der Waals surface area contributed by atoms with Crippen molar-refractivity contribution in [3.05, 3.63) is 88.9 Å². The number of fused-ring (bicyclic) bond motifs is 1. The van der Waals surface area contributed by atoms with Crippen molar-refractivity contribution in [3.8, 4) is 11.5 Å². The third kappa shape index (κ3) is 4.17. The summed E-state index contributed by atoms with van der Waals surface area (Å²) in [4.78, 5) is 23.4. The summed E-state index contributed by atoms with van der Waals surface area (Å²) in [5.74, 6) is 1.23. The number of methoxy groups -OCH3 is 2. The number of amides is 1. The monoisotopic (exact) mass is 429 g/mol. The summed E-state index contributed by atoms with van der Waals surface area (Å²) < 4.78 is 10.8. The van der Waals surface area contributed by atoms with Gasteiger partial charge in [-0.3, -0.25) is 9.78 Å². The molecule has 2 aromatic carbocycles. The number of aromatic nitrogens is 2. The first-order valence-electron chi connectivity index (χ1n) is 10.5. The van der Waals surface area contributed by atoms with E-state index in [4.69, 9.17) is 9.47 Å². The van der Waals surface area contributed by atoms with Gasteiger partial charge in [0.2, 0.25) is 0 Å². The highest BCUT2D eigenvalue weighted by atomic mass is 16.5.